The predicted molar refractivity (Wildman–Crippen MR) is 144 cm³/mol. The van der Waals surface area contributed by atoms with Crippen molar-refractivity contribution in [1.82, 2.24) is 15.6 Å². The Bertz CT molecular complexity index is 1030. The third kappa shape index (κ3) is 8.88. The number of hydrogen-bond donors (Lipinski definition) is 3. The van der Waals surface area contributed by atoms with E-state index in [0.29, 0.717) is 37.3 Å². The summed E-state index contributed by atoms with van der Waals surface area (Å²) in [5.74, 6) is 1.63. The van der Waals surface area contributed by atoms with E-state index in [9.17, 15) is 4.79 Å². The zero-order valence-corrected chi connectivity index (χ0v) is 21.6. The van der Waals surface area contributed by atoms with Gasteiger partial charge in [-0.05, 0) is 42.7 Å². The summed E-state index contributed by atoms with van der Waals surface area (Å²) in [5, 5.41) is 9.48. The molecule has 0 fully saturated rings. The first-order chi connectivity index (χ1) is 15.5. The van der Waals surface area contributed by atoms with Crippen molar-refractivity contribution in [1.29, 1.82) is 0 Å². The van der Waals surface area contributed by atoms with Crippen LogP contribution in [0.25, 0.3) is 11.5 Å². The molecule has 1 amide bonds. The number of aromatic nitrogens is 1. The molecule has 8 heteroatoms. The quantitative estimate of drug-likeness (QED) is 0.190. The number of amides is 1. The van der Waals surface area contributed by atoms with Gasteiger partial charge < -0.3 is 20.4 Å². The number of oxazole rings is 1. The second-order valence-electron chi connectivity index (χ2n) is 7.91. The Hall–Kier alpha value is -2.88. The molecule has 1 heterocycles. The van der Waals surface area contributed by atoms with E-state index in [1.165, 1.54) is 0 Å². The van der Waals surface area contributed by atoms with Crippen LogP contribution < -0.4 is 16.0 Å². The standard InChI is InChI=1S/C25H31N5O2.HI/c1-4-26-25(28-16-22-17-32-24(30-22)20-10-6-5-7-11-20)27-15-19-9-8-12-21(14-19)29-23(31)13-18(2)3;/h5-12,14,17-18H,4,13,15-16H2,1-3H3,(H,29,31)(H2,26,27,28);1H. The number of nitrogens with zero attached hydrogens (tertiary/aromatic N) is 2. The number of anilines is 1. The van der Waals surface area contributed by atoms with Gasteiger partial charge in [-0.15, -0.1) is 24.0 Å². The van der Waals surface area contributed by atoms with Gasteiger partial charge >= 0.3 is 0 Å². The predicted octanol–water partition coefficient (Wildman–Crippen LogP) is 5.20. The number of hydrogen-bond acceptors (Lipinski definition) is 4. The van der Waals surface area contributed by atoms with E-state index in [2.05, 4.69) is 25.9 Å². The van der Waals surface area contributed by atoms with E-state index >= 15 is 0 Å². The largest absolute Gasteiger partial charge is 0.444 e. The van der Waals surface area contributed by atoms with Crippen LogP contribution in [0.2, 0.25) is 0 Å². The molecule has 0 saturated heterocycles. The molecule has 0 saturated carbocycles. The molecule has 2 aromatic carbocycles. The minimum absolute atomic E-state index is 0. The molecule has 0 bridgehead atoms. The number of guanidine groups is 1. The van der Waals surface area contributed by atoms with Crippen LogP contribution in [0, 0.1) is 5.92 Å². The Kier molecular flexibility index (Phi) is 10.9. The van der Waals surface area contributed by atoms with Crippen molar-refractivity contribution in [3.63, 3.8) is 0 Å². The van der Waals surface area contributed by atoms with Crippen LogP contribution in [0.15, 0.2) is 70.3 Å². The second kappa shape index (κ2) is 13.6. The highest BCUT2D eigenvalue weighted by Crippen LogP contribution is 2.18. The number of benzene rings is 2. The summed E-state index contributed by atoms with van der Waals surface area (Å²) in [6, 6.07) is 17.6. The lowest BCUT2D eigenvalue weighted by Crippen LogP contribution is -2.36. The van der Waals surface area contributed by atoms with Crippen molar-refractivity contribution in [2.45, 2.75) is 40.3 Å². The SMILES string of the molecule is CCNC(=NCc1cccc(NC(=O)CC(C)C)c1)NCc1coc(-c2ccccc2)n1.I. The van der Waals surface area contributed by atoms with Crippen LogP contribution in [-0.4, -0.2) is 23.4 Å². The zero-order chi connectivity index (χ0) is 22.8. The highest BCUT2D eigenvalue weighted by atomic mass is 127. The molecule has 0 aliphatic rings. The van der Waals surface area contributed by atoms with Crippen LogP contribution in [0.3, 0.4) is 0 Å². The Morgan fingerprint density at radius 1 is 1.09 bits per heavy atom. The van der Waals surface area contributed by atoms with Crippen molar-refractivity contribution < 1.29 is 9.21 Å². The van der Waals surface area contributed by atoms with E-state index in [4.69, 9.17) is 4.42 Å². The summed E-state index contributed by atoms with van der Waals surface area (Å²) < 4.78 is 5.60. The summed E-state index contributed by atoms with van der Waals surface area (Å²) in [6.07, 6.45) is 2.16. The monoisotopic (exact) mass is 561 g/mol. The van der Waals surface area contributed by atoms with Gasteiger partial charge in [0.1, 0.15) is 6.26 Å². The maximum absolute atomic E-state index is 12.0. The summed E-state index contributed by atoms with van der Waals surface area (Å²) >= 11 is 0. The van der Waals surface area contributed by atoms with Gasteiger partial charge in [0, 0.05) is 24.2 Å². The third-order valence-electron chi connectivity index (χ3n) is 4.58. The number of nitrogens with one attached hydrogen (secondary N) is 3. The van der Waals surface area contributed by atoms with Gasteiger partial charge in [-0.2, -0.15) is 0 Å². The molecule has 3 rings (SSSR count). The van der Waals surface area contributed by atoms with Crippen molar-refractivity contribution in [2.24, 2.45) is 10.9 Å². The minimum atomic E-state index is 0. The van der Waals surface area contributed by atoms with Gasteiger partial charge in [0.15, 0.2) is 5.96 Å². The average Bonchev–Trinajstić information content (AvgIpc) is 3.25. The van der Waals surface area contributed by atoms with E-state index in [-0.39, 0.29) is 29.9 Å². The molecule has 0 spiro atoms. The van der Waals surface area contributed by atoms with Gasteiger partial charge in [-0.3, -0.25) is 4.79 Å². The van der Waals surface area contributed by atoms with Gasteiger partial charge in [-0.25, -0.2) is 9.98 Å². The number of aliphatic imine (C=N–C) groups is 1. The van der Waals surface area contributed by atoms with Crippen LogP contribution in [0.5, 0.6) is 0 Å². The molecule has 0 radical (unpaired) electrons. The Balaban J connectivity index is 0.00000385. The molecule has 3 N–H and O–H groups in total. The highest BCUT2D eigenvalue weighted by Gasteiger charge is 2.08. The molecule has 1 aromatic heterocycles. The van der Waals surface area contributed by atoms with Crippen molar-refractivity contribution >= 4 is 41.5 Å². The fourth-order valence-corrected chi connectivity index (χ4v) is 3.12. The van der Waals surface area contributed by atoms with Crippen molar-refractivity contribution in [3.8, 4) is 11.5 Å². The lowest BCUT2D eigenvalue weighted by Gasteiger charge is -2.11. The molecule has 3 aromatic rings. The van der Waals surface area contributed by atoms with E-state index in [1.54, 1.807) is 6.26 Å². The van der Waals surface area contributed by atoms with Gasteiger partial charge in [0.25, 0.3) is 0 Å². The van der Waals surface area contributed by atoms with Crippen LogP contribution in [0.4, 0.5) is 5.69 Å². The first-order valence-electron chi connectivity index (χ1n) is 10.9. The lowest BCUT2D eigenvalue weighted by atomic mass is 10.1. The normalized spacial score (nSPS) is 11.1. The third-order valence-corrected chi connectivity index (χ3v) is 4.58. The molecule has 176 valence electrons. The smallest absolute Gasteiger partial charge is 0.226 e. The summed E-state index contributed by atoms with van der Waals surface area (Å²) in [4.78, 5) is 21.2. The molecular formula is C25H32IN5O2. The first-order valence-corrected chi connectivity index (χ1v) is 10.9. The summed E-state index contributed by atoms with van der Waals surface area (Å²) in [5.41, 5.74) is 3.54. The molecule has 0 aliphatic carbocycles. The molecule has 0 aliphatic heterocycles. The molecule has 0 unspecified atom stereocenters. The van der Waals surface area contributed by atoms with Crippen LogP contribution in [0.1, 0.15) is 38.4 Å². The fourth-order valence-electron chi connectivity index (χ4n) is 3.12. The summed E-state index contributed by atoms with van der Waals surface area (Å²) in [7, 11) is 0. The van der Waals surface area contributed by atoms with Crippen molar-refractivity contribution in [3.05, 3.63) is 72.1 Å². The van der Waals surface area contributed by atoms with Crippen LogP contribution >= 0.6 is 24.0 Å². The Morgan fingerprint density at radius 3 is 2.61 bits per heavy atom. The number of rotatable bonds is 9. The number of carbonyl (C=O) groups is 1. The van der Waals surface area contributed by atoms with E-state index in [1.807, 2.05) is 75.4 Å². The average molecular weight is 561 g/mol. The fraction of sp³-hybridized carbons (Fsp3) is 0.320. The summed E-state index contributed by atoms with van der Waals surface area (Å²) in [6.45, 7) is 7.80. The van der Waals surface area contributed by atoms with Gasteiger partial charge in [0.2, 0.25) is 11.8 Å². The highest BCUT2D eigenvalue weighted by molar-refractivity contribution is 14.0. The van der Waals surface area contributed by atoms with E-state index in [0.717, 1.165) is 29.1 Å². The second-order valence-corrected chi connectivity index (χ2v) is 7.91. The molecule has 7 nitrogen and oxygen atoms in total. The first kappa shape index (κ1) is 26.4. The minimum Gasteiger partial charge on any atom is -0.444 e. The topological polar surface area (TPSA) is 91.5 Å². The van der Waals surface area contributed by atoms with Crippen LogP contribution in [-0.2, 0) is 17.9 Å². The van der Waals surface area contributed by atoms with E-state index < -0.39 is 0 Å². The van der Waals surface area contributed by atoms with Crippen molar-refractivity contribution in [2.75, 3.05) is 11.9 Å². The Labute approximate surface area is 212 Å². The molecule has 33 heavy (non-hydrogen) atoms. The molecule has 0 atom stereocenters. The Morgan fingerprint density at radius 2 is 1.88 bits per heavy atom. The lowest BCUT2D eigenvalue weighted by molar-refractivity contribution is -0.116. The number of carbonyl (C=O) groups excluding carboxylic acids is 1. The maximum atomic E-state index is 12.0. The number of halogens is 1. The molecular weight excluding hydrogens is 529 g/mol. The van der Waals surface area contributed by atoms with Gasteiger partial charge in [0.05, 0.1) is 18.8 Å². The maximum Gasteiger partial charge on any atom is 0.226 e. The zero-order valence-electron chi connectivity index (χ0n) is 19.3. The van der Waals surface area contributed by atoms with Gasteiger partial charge in [-0.1, -0.05) is 44.2 Å².